The molecular formula is C68H116Fe2N6O15S2. The Labute approximate surface area is 587 Å². The standard InChI is InChI=1S/C21H30N2O5S2.C17H28N2O6.C16H26N2O4.2C5H10.4CH3.2Fe/c24-17(12-29-30-13-20(27)28-23-18(25)2-3-19(23)26)22-5-1-4-21-9-14-6-15(10-21)8-16(7-14)11-21;1-18(12-14-4-2-3-5-14)8-9-23-10-11-24-13-17(22)25-19-15(20)6-7-16(19)21;19-14-9-10-15(20)18(14)22-16(21)8-2-1-5-11-17-12-13-6-3-4-7-13;2*1-2-4-5-3-1;;;;;;/h14-16H,1-13H2,(H,22,24);14H,2-13H2,1H3;13,17H,1-12H2;2*1-5H2;4*1H3;;/q;;;;;4*-1;2*+2. The van der Waals surface area contributed by atoms with Gasteiger partial charge in [-0.2, -0.15) is 0 Å². The predicted octanol–water partition coefficient (Wildman–Crippen LogP) is 11.5. The molecule has 3 saturated heterocycles. The Balaban J connectivity index is 0.00000124. The number of hydroxylamine groups is 6. The van der Waals surface area contributed by atoms with Crippen LogP contribution >= 0.6 is 21.6 Å². The Kier molecular flexibility index (Phi) is 49.4. The number of amides is 7. The molecule has 0 unspecified atom stereocenters. The van der Waals surface area contributed by atoms with Crippen molar-refractivity contribution in [1.82, 2.24) is 30.7 Å². The minimum atomic E-state index is -0.764. The smallest absolute Gasteiger partial charge is 0.378 e. The molecule has 11 fully saturated rings. The van der Waals surface area contributed by atoms with Crippen molar-refractivity contribution in [2.45, 2.75) is 231 Å². The molecule has 3 heterocycles. The van der Waals surface area contributed by atoms with Crippen molar-refractivity contribution >= 4 is 80.8 Å². The first-order chi connectivity index (χ1) is 42.1. The molecule has 0 aromatic heterocycles. The first-order valence-corrected chi connectivity index (χ1v) is 35.9. The van der Waals surface area contributed by atoms with E-state index >= 15 is 0 Å². The first kappa shape index (κ1) is 89.9. The predicted molar refractivity (Wildman–Crippen MR) is 356 cm³/mol. The Bertz CT molecular complexity index is 2090. The van der Waals surface area contributed by atoms with Crippen LogP contribution in [0.2, 0.25) is 0 Å². The number of nitrogens with zero attached hydrogens (tertiary/aromatic N) is 4. The van der Waals surface area contributed by atoms with E-state index < -0.39 is 53.4 Å². The number of carbonyl (C=O) groups is 10. The van der Waals surface area contributed by atoms with Crippen LogP contribution in [0.3, 0.4) is 0 Å². The van der Waals surface area contributed by atoms with Crippen molar-refractivity contribution < 1.29 is 106 Å². The van der Waals surface area contributed by atoms with Crippen molar-refractivity contribution in [2.24, 2.45) is 35.0 Å². The van der Waals surface area contributed by atoms with Gasteiger partial charge in [0.15, 0.2) is 0 Å². The van der Waals surface area contributed by atoms with E-state index in [1.807, 2.05) is 0 Å². The Hall–Kier alpha value is -3.12. The molecule has 0 radical (unpaired) electrons. The molecule has 3 aliphatic heterocycles. The number of hydrogen-bond acceptors (Lipinski definition) is 19. The maximum Gasteiger partial charge on any atom is 2.00 e. The molecular weight excluding hydrogens is 1320 g/mol. The molecule has 4 bridgehead atoms. The summed E-state index contributed by atoms with van der Waals surface area (Å²) in [6.45, 7) is 5.74. The van der Waals surface area contributed by atoms with Gasteiger partial charge >= 0.3 is 52.0 Å². The van der Waals surface area contributed by atoms with Gasteiger partial charge in [-0.15, -0.1) is 15.2 Å². The third-order valence-corrected chi connectivity index (χ3v) is 20.4. The summed E-state index contributed by atoms with van der Waals surface area (Å²) >= 11 is 0. The third-order valence-electron chi connectivity index (χ3n) is 18.3. The number of imide groups is 3. The van der Waals surface area contributed by atoms with Gasteiger partial charge < -0.3 is 69.2 Å². The van der Waals surface area contributed by atoms with Crippen molar-refractivity contribution in [3.63, 3.8) is 0 Å². The van der Waals surface area contributed by atoms with E-state index in [0.29, 0.717) is 40.4 Å². The van der Waals surface area contributed by atoms with Crippen LogP contribution in [-0.4, -0.2) is 157 Å². The minimum Gasteiger partial charge on any atom is -0.378 e. The van der Waals surface area contributed by atoms with Gasteiger partial charge in [0.05, 0.1) is 25.6 Å². The van der Waals surface area contributed by atoms with E-state index in [1.54, 1.807) is 0 Å². The molecule has 11 aliphatic rings. The number of nitrogens with one attached hydrogen (secondary N) is 2. The zero-order chi connectivity index (χ0) is 62.1. The summed E-state index contributed by atoms with van der Waals surface area (Å²) in [7, 11) is 4.56. The fourth-order valence-electron chi connectivity index (χ4n) is 14.2. The molecule has 93 heavy (non-hydrogen) atoms. The van der Waals surface area contributed by atoms with Crippen molar-refractivity contribution in [2.75, 3.05) is 77.7 Å². The van der Waals surface area contributed by atoms with Gasteiger partial charge in [-0.3, -0.25) is 33.6 Å². The molecule has 8 saturated carbocycles. The van der Waals surface area contributed by atoms with Gasteiger partial charge in [0.25, 0.3) is 35.4 Å². The summed E-state index contributed by atoms with van der Waals surface area (Å²) in [4.78, 5) is 131. The topological polar surface area (TPSA) is 254 Å². The fraction of sp³-hybridized carbons (Fsp3) is 0.794. The quantitative estimate of drug-likeness (QED) is 0.0223. The Morgan fingerprint density at radius 1 is 0.495 bits per heavy atom. The Morgan fingerprint density at radius 2 is 0.914 bits per heavy atom. The van der Waals surface area contributed by atoms with Gasteiger partial charge in [0.1, 0.15) is 12.4 Å². The molecule has 0 spiro atoms. The van der Waals surface area contributed by atoms with Crippen LogP contribution in [0.5, 0.6) is 0 Å². The van der Waals surface area contributed by atoms with Crippen LogP contribution in [0.25, 0.3) is 0 Å². The number of unbranched alkanes of at least 4 members (excludes halogenated alkanes) is 2. The van der Waals surface area contributed by atoms with Crippen LogP contribution in [-0.2, 0) is 106 Å². The molecule has 8 aliphatic carbocycles. The van der Waals surface area contributed by atoms with Crippen LogP contribution in [0.4, 0.5) is 0 Å². The molecule has 0 aromatic rings. The summed E-state index contributed by atoms with van der Waals surface area (Å²) in [5.74, 6) is 0.0457. The maximum atomic E-state index is 12.0. The van der Waals surface area contributed by atoms with Crippen molar-refractivity contribution in [3.8, 4) is 0 Å². The molecule has 25 heteroatoms. The van der Waals surface area contributed by atoms with Crippen molar-refractivity contribution in [3.05, 3.63) is 29.7 Å². The normalized spacial score (nSPS) is 22.4. The summed E-state index contributed by atoms with van der Waals surface area (Å²) < 4.78 is 10.6. The summed E-state index contributed by atoms with van der Waals surface area (Å²) in [6.07, 6.45) is 40.3. The largest absolute Gasteiger partial charge is 2.00 e. The number of rotatable bonds is 30. The maximum absolute atomic E-state index is 12.0. The SMILES string of the molecule is C1CCCC1.C1CCCC1.CN(CCOCCOCC(=O)ON1C(=O)CCC1=O)CC1CCCC1.O=C(CCCCCNCC1CCCC1)ON1C(=O)CCC1=O.O=C(CSSCC(=O)ON1C(=O)CCC1=O)NCCCC12CC3CC(CC(C3)C1)C2.[CH3-].[CH3-].[CH3-].[CH3-].[Fe+2].[Fe+2]. The van der Waals surface area contributed by atoms with Crippen LogP contribution in [0.15, 0.2) is 0 Å². The van der Waals surface area contributed by atoms with Crippen molar-refractivity contribution in [1.29, 1.82) is 0 Å². The van der Waals surface area contributed by atoms with Crippen LogP contribution in [0.1, 0.15) is 231 Å². The fourth-order valence-corrected chi connectivity index (χ4v) is 15.8. The van der Waals surface area contributed by atoms with Crippen LogP contribution < -0.4 is 10.6 Å². The second-order valence-electron chi connectivity index (χ2n) is 25.8. The van der Waals surface area contributed by atoms with Crippen LogP contribution in [0, 0.1) is 64.7 Å². The second-order valence-corrected chi connectivity index (χ2v) is 28.3. The Morgan fingerprint density at radius 3 is 1.39 bits per heavy atom. The molecule has 2 N–H and O–H groups in total. The average Bonchev–Trinajstić information content (AvgIpc) is 1.76. The van der Waals surface area contributed by atoms with Gasteiger partial charge in [0, 0.05) is 64.6 Å². The molecule has 11 rings (SSSR count). The van der Waals surface area contributed by atoms with Gasteiger partial charge in [0.2, 0.25) is 5.91 Å². The zero-order valence-electron chi connectivity index (χ0n) is 57.1. The number of carbonyl (C=O) groups excluding carboxylic acids is 10. The van der Waals surface area contributed by atoms with E-state index in [0.717, 1.165) is 81.5 Å². The van der Waals surface area contributed by atoms with E-state index in [1.165, 1.54) is 182 Å². The number of hydrogen-bond donors (Lipinski definition) is 2. The van der Waals surface area contributed by atoms with Gasteiger partial charge in [-0.05, 0) is 145 Å². The average molecular weight is 1430 g/mol. The van der Waals surface area contributed by atoms with E-state index in [9.17, 15) is 47.9 Å². The van der Waals surface area contributed by atoms with Gasteiger partial charge in [-0.1, -0.05) is 118 Å². The molecule has 0 atom stereocenters. The molecule has 536 valence electrons. The monoisotopic (exact) mass is 1430 g/mol. The van der Waals surface area contributed by atoms with E-state index in [2.05, 4.69) is 27.4 Å². The molecule has 7 amide bonds. The summed E-state index contributed by atoms with van der Waals surface area (Å²) in [6, 6.07) is 0. The number of likely N-dealkylation sites (N-methyl/N-ethyl adjacent to an activating group) is 1. The third kappa shape index (κ3) is 35.3. The summed E-state index contributed by atoms with van der Waals surface area (Å²) in [5.41, 5.74) is 0.558. The van der Waals surface area contributed by atoms with E-state index in [4.69, 9.17) is 19.1 Å². The summed E-state index contributed by atoms with van der Waals surface area (Å²) in [5, 5.41) is 8.14. The zero-order valence-corrected chi connectivity index (χ0v) is 60.9. The van der Waals surface area contributed by atoms with Gasteiger partial charge in [-0.25, -0.2) is 14.4 Å². The van der Waals surface area contributed by atoms with E-state index in [-0.39, 0.29) is 139 Å². The molecule has 21 nitrogen and oxygen atoms in total. The second kappa shape index (κ2) is 51.1. The molecule has 0 aromatic carbocycles. The minimum absolute atomic E-state index is 0. The first-order valence-electron chi connectivity index (χ1n) is 33.4. The number of ether oxygens (including phenoxy) is 2.